The molecule has 2 aromatic rings. The number of hydrogen-bond donors (Lipinski definition) is 0. The molecule has 0 aliphatic carbocycles. The van der Waals surface area contributed by atoms with E-state index in [1.165, 1.54) is 10.4 Å². The lowest BCUT2D eigenvalue weighted by Gasteiger charge is -2.29. The van der Waals surface area contributed by atoms with Gasteiger partial charge in [0.2, 0.25) is 0 Å². The van der Waals surface area contributed by atoms with Crippen LogP contribution in [0.15, 0.2) is 34.8 Å². The zero-order valence-electron chi connectivity index (χ0n) is 12.4. The van der Waals surface area contributed by atoms with Crippen LogP contribution in [0.5, 0.6) is 0 Å². The molecule has 0 fully saturated rings. The summed E-state index contributed by atoms with van der Waals surface area (Å²) in [6.45, 7) is 6.33. The van der Waals surface area contributed by atoms with E-state index in [2.05, 4.69) is 26.5 Å². The molecule has 0 bridgehead atoms. The van der Waals surface area contributed by atoms with Crippen molar-refractivity contribution in [2.45, 2.75) is 26.8 Å². The lowest BCUT2D eigenvalue weighted by Crippen LogP contribution is -2.36. The van der Waals surface area contributed by atoms with Gasteiger partial charge in [0.15, 0.2) is 5.84 Å². The number of aromatic nitrogens is 1. The summed E-state index contributed by atoms with van der Waals surface area (Å²) >= 11 is 1.84. The number of hydrogen-bond acceptors (Lipinski definition) is 4. The highest BCUT2D eigenvalue weighted by molar-refractivity contribution is 7.10. The molecular formula is C16H19N3OS. The van der Waals surface area contributed by atoms with Crippen molar-refractivity contribution >= 4 is 17.2 Å². The molecule has 1 aliphatic heterocycles. The first-order chi connectivity index (χ1) is 10.3. The Kier molecular flexibility index (Phi) is 4.20. The molecule has 0 N–H and O–H groups in total. The number of thiophene rings is 1. The first-order valence-corrected chi connectivity index (χ1v) is 8.10. The summed E-state index contributed by atoms with van der Waals surface area (Å²) in [5, 5.41) is 6.48. The minimum Gasteiger partial charge on any atom is -0.394 e. The Labute approximate surface area is 129 Å². The van der Waals surface area contributed by atoms with Crippen LogP contribution in [0.4, 0.5) is 0 Å². The molecule has 0 unspecified atom stereocenters. The van der Waals surface area contributed by atoms with E-state index in [4.69, 9.17) is 4.84 Å². The van der Waals surface area contributed by atoms with Gasteiger partial charge in [0.1, 0.15) is 12.3 Å². The first-order valence-electron chi connectivity index (χ1n) is 7.22. The van der Waals surface area contributed by atoms with Gasteiger partial charge in [-0.05, 0) is 49.4 Å². The van der Waals surface area contributed by atoms with E-state index in [-0.39, 0.29) is 0 Å². The number of amidine groups is 1. The van der Waals surface area contributed by atoms with Crippen LogP contribution in [0.3, 0.4) is 0 Å². The largest absolute Gasteiger partial charge is 0.394 e. The molecule has 0 saturated carbocycles. The van der Waals surface area contributed by atoms with Crippen LogP contribution < -0.4 is 0 Å². The van der Waals surface area contributed by atoms with Crippen molar-refractivity contribution in [3.05, 3.63) is 51.5 Å². The number of nitrogens with zero attached hydrogens (tertiary/aromatic N) is 3. The Balaban J connectivity index is 1.90. The van der Waals surface area contributed by atoms with Crippen LogP contribution in [-0.2, 0) is 17.8 Å². The third-order valence-corrected chi connectivity index (χ3v) is 4.53. The predicted molar refractivity (Wildman–Crippen MR) is 85.6 cm³/mol. The summed E-state index contributed by atoms with van der Waals surface area (Å²) in [6, 6.07) is 8.20. The SMILES string of the molecule is CCON=C(c1cccc(C)n1)N1CCc2sccc2C1. The maximum absolute atomic E-state index is 5.32. The molecule has 3 heterocycles. The van der Waals surface area contributed by atoms with Crippen molar-refractivity contribution in [1.82, 2.24) is 9.88 Å². The zero-order valence-corrected chi connectivity index (χ0v) is 13.2. The average molecular weight is 301 g/mol. The first kappa shape index (κ1) is 14.1. The van der Waals surface area contributed by atoms with E-state index in [1.807, 2.05) is 43.4 Å². The highest BCUT2D eigenvalue weighted by atomic mass is 32.1. The van der Waals surface area contributed by atoms with Gasteiger partial charge in [0.05, 0.1) is 0 Å². The monoisotopic (exact) mass is 301 g/mol. The number of aryl methyl sites for hydroxylation is 1. The van der Waals surface area contributed by atoms with Gasteiger partial charge in [-0.15, -0.1) is 11.3 Å². The Morgan fingerprint density at radius 2 is 2.33 bits per heavy atom. The van der Waals surface area contributed by atoms with Gasteiger partial charge in [-0.3, -0.25) is 0 Å². The second-order valence-electron chi connectivity index (χ2n) is 5.04. The topological polar surface area (TPSA) is 37.7 Å². The molecule has 0 aromatic carbocycles. The van der Waals surface area contributed by atoms with E-state index >= 15 is 0 Å². The van der Waals surface area contributed by atoms with Gasteiger partial charge in [-0.2, -0.15) is 0 Å². The van der Waals surface area contributed by atoms with Crippen molar-refractivity contribution in [3.63, 3.8) is 0 Å². The van der Waals surface area contributed by atoms with Gasteiger partial charge < -0.3 is 9.74 Å². The zero-order chi connectivity index (χ0) is 14.7. The summed E-state index contributed by atoms with van der Waals surface area (Å²) in [4.78, 5) is 13.7. The molecule has 1 aliphatic rings. The fraction of sp³-hybridized carbons (Fsp3) is 0.375. The summed E-state index contributed by atoms with van der Waals surface area (Å²) in [5.41, 5.74) is 3.26. The number of fused-ring (bicyclic) bond motifs is 1. The van der Waals surface area contributed by atoms with Crippen LogP contribution >= 0.6 is 11.3 Å². The Hall–Kier alpha value is -1.88. The van der Waals surface area contributed by atoms with E-state index < -0.39 is 0 Å². The fourth-order valence-electron chi connectivity index (χ4n) is 2.49. The third-order valence-electron chi connectivity index (χ3n) is 3.50. The highest BCUT2D eigenvalue weighted by Crippen LogP contribution is 2.25. The fourth-order valence-corrected chi connectivity index (χ4v) is 3.38. The van der Waals surface area contributed by atoms with Gasteiger partial charge in [0, 0.05) is 23.7 Å². The molecule has 0 saturated heterocycles. The van der Waals surface area contributed by atoms with Crippen molar-refractivity contribution in [2.24, 2.45) is 5.16 Å². The van der Waals surface area contributed by atoms with Crippen LogP contribution in [0.1, 0.15) is 28.8 Å². The normalized spacial score (nSPS) is 15.0. The van der Waals surface area contributed by atoms with Crippen LogP contribution in [-0.4, -0.2) is 28.9 Å². The summed E-state index contributed by atoms with van der Waals surface area (Å²) in [7, 11) is 0. The van der Waals surface area contributed by atoms with Crippen molar-refractivity contribution in [2.75, 3.05) is 13.2 Å². The Bertz CT molecular complexity index is 650. The van der Waals surface area contributed by atoms with Crippen LogP contribution in [0, 0.1) is 6.92 Å². The maximum Gasteiger partial charge on any atom is 0.194 e. The quantitative estimate of drug-likeness (QED) is 0.496. The molecule has 0 atom stereocenters. The van der Waals surface area contributed by atoms with E-state index in [0.29, 0.717) is 6.61 Å². The third kappa shape index (κ3) is 3.08. The maximum atomic E-state index is 5.32. The van der Waals surface area contributed by atoms with Crippen molar-refractivity contribution < 1.29 is 4.84 Å². The summed E-state index contributed by atoms with van der Waals surface area (Å²) in [5.74, 6) is 0.831. The molecule has 2 aromatic heterocycles. The second kappa shape index (κ2) is 6.26. The van der Waals surface area contributed by atoms with Crippen LogP contribution in [0.25, 0.3) is 0 Å². The molecule has 5 heteroatoms. The van der Waals surface area contributed by atoms with Gasteiger partial charge >= 0.3 is 0 Å². The highest BCUT2D eigenvalue weighted by Gasteiger charge is 2.22. The second-order valence-corrected chi connectivity index (χ2v) is 6.04. The standard InChI is InChI=1S/C16H19N3OS/c1-3-20-18-16(14-6-4-5-12(2)17-14)19-9-7-15-13(11-19)8-10-21-15/h4-6,8,10H,3,7,9,11H2,1-2H3. The average Bonchev–Trinajstić information content (AvgIpc) is 2.95. The molecule has 110 valence electrons. The van der Waals surface area contributed by atoms with E-state index in [0.717, 1.165) is 36.7 Å². The smallest absolute Gasteiger partial charge is 0.194 e. The number of rotatable bonds is 3. The molecule has 4 nitrogen and oxygen atoms in total. The van der Waals surface area contributed by atoms with Gasteiger partial charge in [-0.25, -0.2) is 4.98 Å². The minimum atomic E-state index is 0.562. The summed E-state index contributed by atoms with van der Waals surface area (Å²) < 4.78 is 0. The Morgan fingerprint density at radius 1 is 1.43 bits per heavy atom. The molecule has 0 amide bonds. The predicted octanol–water partition coefficient (Wildman–Crippen LogP) is 3.21. The van der Waals surface area contributed by atoms with E-state index in [1.54, 1.807) is 0 Å². The van der Waals surface area contributed by atoms with Crippen LogP contribution in [0.2, 0.25) is 0 Å². The minimum absolute atomic E-state index is 0.562. The number of pyridine rings is 1. The molecular weight excluding hydrogens is 282 g/mol. The van der Waals surface area contributed by atoms with Gasteiger partial charge in [0.25, 0.3) is 0 Å². The molecule has 3 rings (SSSR count). The summed E-state index contributed by atoms with van der Waals surface area (Å²) in [6.07, 6.45) is 1.06. The van der Waals surface area contributed by atoms with Crippen molar-refractivity contribution in [3.8, 4) is 0 Å². The molecule has 0 spiro atoms. The number of oxime groups is 1. The lowest BCUT2D eigenvalue weighted by atomic mass is 10.1. The molecule has 0 radical (unpaired) electrons. The van der Waals surface area contributed by atoms with Crippen molar-refractivity contribution in [1.29, 1.82) is 0 Å². The molecule has 21 heavy (non-hydrogen) atoms. The van der Waals surface area contributed by atoms with E-state index in [9.17, 15) is 0 Å². The van der Waals surface area contributed by atoms with Gasteiger partial charge in [-0.1, -0.05) is 11.2 Å². The lowest BCUT2D eigenvalue weighted by molar-refractivity contribution is 0.152. The Morgan fingerprint density at radius 3 is 3.14 bits per heavy atom.